The van der Waals surface area contributed by atoms with Crippen molar-refractivity contribution in [3.63, 3.8) is 0 Å². The highest BCUT2D eigenvalue weighted by Crippen LogP contribution is 2.61. The number of piperidine rings is 1. The zero-order chi connectivity index (χ0) is 31.0. The van der Waals surface area contributed by atoms with Crippen molar-refractivity contribution >= 4 is 62.8 Å². The van der Waals surface area contributed by atoms with Gasteiger partial charge < -0.3 is 5.11 Å². The Morgan fingerprint density at radius 3 is 2.42 bits per heavy atom. The van der Waals surface area contributed by atoms with E-state index in [4.69, 9.17) is 0 Å². The van der Waals surface area contributed by atoms with Crippen molar-refractivity contribution in [2.45, 2.75) is 80.9 Å². The zero-order valence-electron chi connectivity index (χ0n) is 24.8. The summed E-state index contributed by atoms with van der Waals surface area (Å²) in [5.41, 5.74) is 2.47. The third-order valence-electron chi connectivity index (χ3n) is 11.0. The SMILES string of the molecule is O=C1CCC(N2C(=O)c3cccc(SCc4sc5ccc(C(=O)O)cc5c4CCC45CC6CC(CC(C6)C4)C5)c3C2=O)C(=O)N1. The molecule has 45 heavy (non-hydrogen) atoms. The molecule has 2 aliphatic heterocycles. The number of aromatic carboxylic acids is 1. The predicted octanol–water partition coefficient (Wildman–Crippen LogP) is 6.44. The lowest BCUT2D eigenvalue weighted by molar-refractivity contribution is -0.136. The molecule has 4 amide bonds. The topological polar surface area (TPSA) is 121 Å². The molecule has 0 spiro atoms. The van der Waals surface area contributed by atoms with Crippen molar-refractivity contribution < 1.29 is 29.1 Å². The van der Waals surface area contributed by atoms with E-state index in [1.807, 2.05) is 18.2 Å². The van der Waals surface area contributed by atoms with Crippen LogP contribution in [0.3, 0.4) is 0 Å². The summed E-state index contributed by atoms with van der Waals surface area (Å²) in [5.74, 6) is 0.205. The van der Waals surface area contributed by atoms with Crippen LogP contribution < -0.4 is 5.32 Å². The molecule has 9 rings (SSSR count). The van der Waals surface area contributed by atoms with Gasteiger partial charge in [0, 0.05) is 26.6 Å². The molecule has 232 valence electrons. The van der Waals surface area contributed by atoms with Crippen LogP contribution in [0.25, 0.3) is 10.1 Å². The molecule has 3 aromatic rings. The van der Waals surface area contributed by atoms with Gasteiger partial charge in [0.15, 0.2) is 0 Å². The van der Waals surface area contributed by atoms with E-state index < -0.39 is 35.6 Å². The van der Waals surface area contributed by atoms with Gasteiger partial charge in [-0.15, -0.1) is 23.1 Å². The summed E-state index contributed by atoms with van der Waals surface area (Å²) in [6.07, 6.45) is 10.4. The van der Waals surface area contributed by atoms with Crippen molar-refractivity contribution in [3.05, 3.63) is 63.5 Å². The fourth-order valence-electron chi connectivity index (χ4n) is 9.46. The van der Waals surface area contributed by atoms with Crippen molar-refractivity contribution in [2.75, 3.05) is 0 Å². The highest BCUT2D eigenvalue weighted by atomic mass is 32.2. The number of hydrogen-bond donors (Lipinski definition) is 2. The molecule has 1 atom stereocenters. The van der Waals surface area contributed by atoms with Crippen molar-refractivity contribution in [3.8, 4) is 0 Å². The van der Waals surface area contributed by atoms with Crippen molar-refractivity contribution in [2.24, 2.45) is 23.2 Å². The van der Waals surface area contributed by atoms with Gasteiger partial charge in [-0.2, -0.15) is 0 Å². The maximum Gasteiger partial charge on any atom is 0.335 e. The highest BCUT2D eigenvalue weighted by molar-refractivity contribution is 7.98. The van der Waals surface area contributed by atoms with Gasteiger partial charge in [0.05, 0.1) is 16.7 Å². The van der Waals surface area contributed by atoms with Gasteiger partial charge in [-0.25, -0.2) is 4.79 Å². The summed E-state index contributed by atoms with van der Waals surface area (Å²) in [4.78, 5) is 66.0. The summed E-state index contributed by atoms with van der Waals surface area (Å²) >= 11 is 3.18. The minimum absolute atomic E-state index is 0.0764. The number of aryl methyl sites for hydroxylation is 1. The van der Waals surface area contributed by atoms with E-state index in [1.54, 1.807) is 29.5 Å². The van der Waals surface area contributed by atoms with E-state index >= 15 is 0 Å². The van der Waals surface area contributed by atoms with Gasteiger partial charge in [-0.3, -0.25) is 29.4 Å². The standard InChI is InChI=1S/C35H34N2O6S2/c38-29-7-5-25(31(39)36-29)37-32(40)23-2-1-3-27(30(23)33(37)41)44-17-28-22(24-13-21(34(42)43)4-6-26(24)45-28)8-9-35-14-18-10-19(15-35)12-20(11-18)16-35/h1-4,6,13,18-20,25H,5,7-12,14-17H2,(H,42,43)(H,36,38,39). The molecule has 2 N–H and O–H groups in total. The molecule has 8 nitrogen and oxygen atoms in total. The van der Waals surface area contributed by atoms with Gasteiger partial charge in [-0.1, -0.05) is 6.07 Å². The van der Waals surface area contributed by atoms with E-state index in [-0.39, 0.29) is 24.0 Å². The second-order valence-electron chi connectivity index (χ2n) is 13.9. The fraction of sp³-hybridized carbons (Fsp3) is 0.457. The molecule has 6 aliphatic rings. The number of nitrogens with one attached hydrogen (secondary N) is 1. The molecule has 3 heterocycles. The monoisotopic (exact) mass is 642 g/mol. The normalized spacial score (nSPS) is 28.7. The summed E-state index contributed by atoms with van der Waals surface area (Å²) in [7, 11) is 0. The lowest BCUT2D eigenvalue weighted by Crippen LogP contribution is -2.54. The molecule has 4 saturated carbocycles. The van der Waals surface area contributed by atoms with Crippen LogP contribution >= 0.6 is 23.1 Å². The maximum atomic E-state index is 13.7. The van der Waals surface area contributed by atoms with Gasteiger partial charge in [0.2, 0.25) is 11.8 Å². The van der Waals surface area contributed by atoms with Gasteiger partial charge >= 0.3 is 5.97 Å². The number of fused-ring (bicyclic) bond motifs is 2. The summed E-state index contributed by atoms with van der Waals surface area (Å²) in [6.45, 7) is 0. The van der Waals surface area contributed by atoms with Crippen LogP contribution in [-0.2, 0) is 21.8 Å². The molecule has 1 saturated heterocycles. The summed E-state index contributed by atoms with van der Waals surface area (Å²) in [6, 6.07) is 9.61. The molecule has 1 aromatic heterocycles. The lowest BCUT2D eigenvalue weighted by Gasteiger charge is -2.57. The fourth-order valence-corrected chi connectivity index (χ4v) is 11.9. The van der Waals surface area contributed by atoms with E-state index in [2.05, 4.69) is 5.32 Å². The Bertz CT molecular complexity index is 1780. The number of amides is 4. The zero-order valence-corrected chi connectivity index (χ0v) is 26.4. The lowest BCUT2D eigenvalue weighted by atomic mass is 9.48. The van der Waals surface area contributed by atoms with Crippen LogP contribution in [0.2, 0.25) is 0 Å². The number of carboxylic acid groups (broad SMARTS) is 1. The van der Waals surface area contributed by atoms with E-state index in [9.17, 15) is 29.1 Å². The number of thiophene rings is 1. The number of carbonyl (C=O) groups is 5. The Kier molecular flexibility index (Phi) is 6.94. The molecule has 0 radical (unpaired) electrons. The van der Waals surface area contributed by atoms with Gasteiger partial charge in [0.1, 0.15) is 6.04 Å². The molecule has 1 unspecified atom stereocenters. The number of carboxylic acids is 1. The number of imide groups is 2. The van der Waals surface area contributed by atoms with Crippen molar-refractivity contribution in [1.29, 1.82) is 0 Å². The third kappa shape index (κ3) is 4.92. The Balaban J connectivity index is 1.08. The summed E-state index contributed by atoms with van der Waals surface area (Å²) in [5, 5.41) is 13.0. The largest absolute Gasteiger partial charge is 0.478 e. The first-order valence-electron chi connectivity index (χ1n) is 15.9. The number of rotatable bonds is 8. The van der Waals surface area contributed by atoms with E-state index in [1.165, 1.54) is 60.7 Å². The smallest absolute Gasteiger partial charge is 0.335 e. The number of hydrogen-bond acceptors (Lipinski definition) is 7. The molecular weight excluding hydrogens is 609 g/mol. The molecule has 4 bridgehead atoms. The number of nitrogens with zero attached hydrogens (tertiary/aromatic N) is 1. The molecule has 4 aliphatic carbocycles. The van der Waals surface area contributed by atoms with Crippen LogP contribution in [0, 0.1) is 23.2 Å². The maximum absolute atomic E-state index is 13.7. The highest BCUT2D eigenvalue weighted by Gasteiger charge is 2.50. The molecule has 5 fully saturated rings. The van der Waals surface area contributed by atoms with Crippen LogP contribution in [-0.4, -0.2) is 45.6 Å². The Labute approximate surface area is 268 Å². The average Bonchev–Trinajstić information content (AvgIpc) is 3.47. The van der Waals surface area contributed by atoms with Crippen LogP contribution in [0.1, 0.15) is 99.3 Å². The number of benzene rings is 2. The number of thioether (sulfide) groups is 1. The Morgan fingerprint density at radius 1 is 1.00 bits per heavy atom. The number of carbonyl (C=O) groups excluding carboxylic acids is 4. The molecule has 2 aromatic carbocycles. The quantitative estimate of drug-likeness (QED) is 0.214. The molecular formula is C35H34N2O6S2. The Morgan fingerprint density at radius 2 is 1.73 bits per heavy atom. The minimum atomic E-state index is -1.00. The first kappa shape index (κ1) is 28.9. The second-order valence-corrected chi connectivity index (χ2v) is 16.0. The second kappa shape index (κ2) is 10.8. The van der Waals surface area contributed by atoms with Crippen LogP contribution in [0.5, 0.6) is 0 Å². The van der Waals surface area contributed by atoms with E-state index in [0.717, 1.165) is 45.6 Å². The van der Waals surface area contributed by atoms with Crippen molar-refractivity contribution in [1.82, 2.24) is 10.2 Å². The first-order valence-corrected chi connectivity index (χ1v) is 17.7. The third-order valence-corrected chi connectivity index (χ3v) is 13.5. The van der Waals surface area contributed by atoms with Gasteiger partial charge in [-0.05, 0) is 122 Å². The van der Waals surface area contributed by atoms with Crippen LogP contribution in [0.4, 0.5) is 0 Å². The first-order chi connectivity index (χ1) is 21.7. The van der Waals surface area contributed by atoms with Gasteiger partial charge in [0.25, 0.3) is 11.8 Å². The Hall–Kier alpha value is -3.50. The summed E-state index contributed by atoms with van der Waals surface area (Å²) < 4.78 is 1.06. The van der Waals surface area contributed by atoms with Crippen LogP contribution in [0.15, 0.2) is 41.3 Å². The molecule has 10 heteroatoms. The van der Waals surface area contributed by atoms with E-state index in [0.29, 0.717) is 21.6 Å². The predicted molar refractivity (Wildman–Crippen MR) is 170 cm³/mol. The minimum Gasteiger partial charge on any atom is -0.478 e. The average molecular weight is 643 g/mol.